The first kappa shape index (κ1) is 20.6. The number of amides is 1. The maximum atomic E-state index is 12.1. The fourth-order valence-electron chi connectivity index (χ4n) is 2.27. The quantitative estimate of drug-likeness (QED) is 0.557. The smallest absolute Gasteiger partial charge is 0.310 e. The predicted octanol–water partition coefficient (Wildman–Crippen LogP) is 3.10. The van der Waals surface area contributed by atoms with Crippen LogP contribution in [0.5, 0.6) is 5.75 Å². The first-order valence-corrected chi connectivity index (χ1v) is 8.64. The van der Waals surface area contributed by atoms with Crippen molar-refractivity contribution in [2.24, 2.45) is 0 Å². The van der Waals surface area contributed by atoms with Gasteiger partial charge in [-0.25, -0.2) is 0 Å². The van der Waals surface area contributed by atoms with E-state index in [-0.39, 0.29) is 18.8 Å². The Kier molecular flexibility index (Phi) is 7.28. The van der Waals surface area contributed by atoms with Crippen molar-refractivity contribution in [3.8, 4) is 11.8 Å². The molecule has 7 heteroatoms. The summed E-state index contributed by atoms with van der Waals surface area (Å²) < 4.78 is 10.5. The van der Waals surface area contributed by atoms with Crippen molar-refractivity contribution >= 4 is 23.3 Å². The highest BCUT2D eigenvalue weighted by Gasteiger charge is 2.19. The summed E-state index contributed by atoms with van der Waals surface area (Å²) in [7, 11) is 0. The lowest BCUT2D eigenvalue weighted by Gasteiger charge is -2.14. The first-order chi connectivity index (χ1) is 13.4. The second-order valence-corrected chi connectivity index (χ2v) is 5.96. The average molecular weight is 380 g/mol. The Morgan fingerprint density at radius 2 is 1.79 bits per heavy atom. The van der Waals surface area contributed by atoms with Crippen LogP contribution in [0.2, 0.25) is 0 Å². The molecule has 7 nitrogen and oxygen atoms in total. The number of rotatable bonds is 8. The molecule has 0 saturated carbocycles. The Balaban J connectivity index is 1.78. The van der Waals surface area contributed by atoms with E-state index in [1.807, 2.05) is 6.07 Å². The van der Waals surface area contributed by atoms with E-state index in [4.69, 9.17) is 14.7 Å². The van der Waals surface area contributed by atoms with Gasteiger partial charge in [0, 0.05) is 5.56 Å². The van der Waals surface area contributed by atoms with Crippen LogP contribution in [0.3, 0.4) is 0 Å². The molecule has 144 valence electrons. The van der Waals surface area contributed by atoms with E-state index in [0.29, 0.717) is 22.6 Å². The second-order valence-electron chi connectivity index (χ2n) is 5.96. The Morgan fingerprint density at radius 3 is 2.43 bits per heavy atom. The minimum atomic E-state index is -1.02. The van der Waals surface area contributed by atoms with Gasteiger partial charge in [-0.15, -0.1) is 0 Å². The lowest BCUT2D eigenvalue weighted by atomic mass is 10.1. The Labute approximate surface area is 162 Å². The van der Waals surface area contributed by atoms with Crippen molar-refractivity contribution in [1.82, 2.24) is 0 Å². The van der Waals surface area contributed by atoms with Gasteiger partial charge in [-0.05, 0) is 50.2 Å². The first-order valence-electron chi connectivity index (χ1n) is 8.64. The molecule has 0 aliphatic carbocycles. The number of esters is 1. The van der Waals surface area contributed by atoms with Crippen LogP contribution in [-0.2, 0) is 14.3 Å². The van der Waals surface area contributed by atoms with Crippen LogP contribution in [0.4, 0.5) is 5.69 Å². The van der Waals surface area contributed by atoms with Crippen molar-refractivity contribution in [2.45, 2.75) is 26.4 Å². The molecule has 1 N–H and O–H groups in total. The standard InChI is InChI=1S/C21H20N2O5/c1-14(24)16-7-9-18(10-8-16)27-12-11-20(25)28-15(2)21(26)23-19-6-4-3-5-17(19)13-22/h3-10,15H,11-12H2,1-2H3,(H,23,26). The maximum absolute atomic E-state index is 12.1. The molecule has 1 unspecified atom stereocenters. The van der Waals surface area contributed by atoms with Gasteiger partial charge in [0.2, 0.25) is 0 Å². The number of hydrogen-bond acceptors (Lipinski definition) is 6. The molecule has 2 aromatic carbocycles. The third-order valence-electron chi connectivity index (χ3n) is 3.82. The van der Waals surface area contributed by atoms with Crippen LogP contribution < -0.4 is 10.1 Å². The van der Waals surface area contributed by atoms with E-state index in [1.54, 1.807) is 48.5 Å². The number of carbonyl (C=O) groups is 3. The molecule has 0 bridgehead atoms. The summed E-state index contributed by atoms with van der Waals surface area (Å²) in [5.74, 6) is -0.634. The summed E-state index contributed by atoms with van der Waals surface area (Å²) in [5.41, 5.74) is 1.25. The van der Waals surface area contributed by atoms with Crippen LogP contribution in [0.15, 0.2) is 48.5 Å². The number of benzene rings is 2. The Bertz CT molecular complexity index is 900. The van der Waals surface area contributed by atoms with Gasteiger partial charge < -0.3 is 14.8 Å². The van der Waals surface area contributed by atoms with Gasteiger partial charge >= 0.3 is 5.97 Å². The number of anilines is 1. The average Bonchev–Trinajstić information content (AvgIpc) is 2.68. The summed E-state index contributed by atoms with van der Waals surface area (Å²) in [5, 5.41) is 11.6. The SMILES string of the molecule is CC(=O)c1ccc(OCCC(=O)OC(C)C(=O)Nc2ccccc2C#N)cc1. The molecular weight excluding hydrogens is 360 g/mol. The molecule has 0 fully saturated rings. The van der Waals surface area contributed by atoms with Gasteiger partial charge in [0.25, 0.3) is 5.91 Å². The van der Waals surface area contributed by atoms with Gasteiger partial charge in [0.15, 0.2) is 11.9 Å². The molecule has 0 aliphatic heterocycles. The van der Waals surface area contributed by atoms with Gasteiger partial charge in [-0.1, -0.05) is 12.1 Å². The number of nitrogens with zero attached hydrogens (tertiary/aromatic N) is 1. The van der Waals surface area contributed by atoms with Crippen LogP contribution in [0.25, 0.3) is 0 Å². The zero-order valence-electron chi connectivity index (χ0n) is 15.6. The molecule has 28 heavy (non-hydrogen) atoms. The molecular formula is C21H20N2O5. The Morgan fingerprint density at radius 1 is 1.11 bits per heavy atom. The van der Waals surface area contributed by atoms with Crippen molar-refractivity contribution in [1.29, 1.82) is 5.26 Å². The number of ether oxygens (including phenoxy) is 2. The maximum Gasteiger partial charge on any atom is 0.310 e. The third kappa shape index (κ3) is 5.95. The summed E-state index contributed by atoms with van der Waals surface area (Å²) in [6.45, 7) is 3.00. The molecule has 2 rings (SSSR count). The van der Waals surface area contributed by atoms with Crippen molar-refractivity contribution in [3.05, 3.63) is 59.7 Å². The van der Waals surface area contributed by atoms with Gasteiger partial charge in [-0.2, -0.15) is 5.26 Å². The predicted molar refractivity (Wildman–Crippen MR) is 102 cm³/mol. The zero-order valence-corrected chi connectivity index (χ0v) is 15.6. The molecule has 0 aliphatic rings. The molecule has 1 atom stereocenters. The third-order valence-corrected chi connectivity index (χ3v) is 3.82. The highest BCUT2D eigenvalue weighted by molar-refractivity contribution is 5.96. The van der Waals surface area contributed by atoms with E-state index in [1.165, 1.54) is 13.8 Å². The minimum Gasteiger partial charge on any atom is -0.493 e. The molecule has 0 heterocycles. The number of Topliss-reactive ketones (excluding diaryl/α,β-unsaturated/α-hetero) is 1. The molecule has 0 saturated heterocycles. The summed E-state index contributed by atoms with van der Waals surface area (Å²) in [6.07, 6.45) is -1.06. The molecule has 0 aromatic heterocycles. The molecule has 0 radical (unpaired) electrons. The van der Waals surface area contributed by atoms with Gasteiger partial charge in [-0.3, -0.25) is 14.4 Å². The van der Waals surface area contributed by atoms with Crippen molar-refractivity contribution in [3.63, 3.8) is 0 Å². The van der Waals surface area contributed by atoms with Crippen molar-refractivity contribution in [2.75, 3.05) is 11.9 Å². The zero-order chi connectivity index (χ0) is 20.5. The highest BCUT2D eigenvalue weighted by atomic mass is 16.5. The van der Waals surface area contributed by atoms with E-state index in [0.717, 1.165) is 0 Å². The van der Waals surface area contributed by atoms with Gasteiger partial charge in [0.05, 0.1) is 24.3 Å². The molecule has 1 amide bonds. The fraction of sp³-hybridized carbons (Fsp3) is 0.238. The fourth-order valence-corrected chi connectivity index (χ4v) is 2.27. The second kappa shape index (κ2) is 9.88. The van der Waals surface area contributed by atoms with E-state index in [2.05, 4.69) is 5.32 Å². The van der Waals surface area contributed by atoms with Crippen LogP contribution in [0, 0.1) is 11.3 Å². The summed E-state index contributed by atoms with van der Waals surface area (Å²) in [6, 6.07) is 15.1. The number of carbonyl (C=O) groups excluding carboxylic acids is 3. The van der Waals surface area contributed by atoms with E-state index < -0.39 is 18.0 Å². The number of hydrogen-bond donors (Lipinski definition) is 1. The number of nitrogens with one attached hydrogen (secondary N) is 1. The van der Waals surface area contributed by atoms with E-state index >= 15 is 0 Å². The summed E-state index contributed by atoms with van der Waals surface area (Å²) >= 11 is 0. The number of ketones is 1. The number of nitriles is 1. The van der Waals surface area contributed by atoms with Gasteiger partial charge in [0.1, 0.15) is 11.8 Å². The normalized spacial score (nSPS) is 11.0. The number of para-hydroxylation sites is 1. The largest absolute Gasteiger partial charge is 0.493 e. The van der Waals surface area contributed by atoms with Crippen LogP contribution in [0.1, 0.15) is 36.2 Å². The highest BCUT2D eigenvalue weighted by Crippen LogP contribution is 2.15. The Hall–Kier alpha value is -3.66. The van der Waals surface area contributed by atoms with Crippen molar-refractivity contribution < 1.29 is 23.9 Å². The minimum absolute atomic E-state index is 0.0408. The lowest BCUT2D eigenvalue weighted by Crippen LogP contribution is -2.30. The molecule has 2 aromatic rings. The summed E-state index contributed by atoms with van der Waals surface area (Å²) in [4.78, 5) is 35.2. The lowest BCUT2D eigenvalue weighted by molar-refractivity contribution is -0.153. The molecule has 0 spiro atoms. The van der Waals surface area contributed by atoms with Crippen LogP contribution in [-0.4, -0.2) is 30.4 Å². The van der Waals surface area contributed by atoms with E-state index in [9.17, 15) is 14.4 Å². The monoisotopic (exact) mass is 380 g/mol. The topological polar surface area (TPSA) is 105 Å². The van der Waals surface area contributed by atoms with Crippen LogP contribution >= 0.6 is 0 Å².